The van der Waals surface area contributed by atoms with Gasteiger partial charge in [0.25, 0.3) is 0 Å². The predicted molar refractivity (Wildman–Crippen MR) is 65.1 cm³/mol. The van der Waals surface area contributed by atoms with Gasteiger partial charge in [0.1, 0.15) is 0 Å². The van der Waals surface area contributed by atoms with Crippen LogP contribution >= 0.6 is 0 Å². The summed E-state index contributed by atoms with van der Waals surface area (Å²) in [6.07, 6.45) is 5.72. The van der Waals surface area contributed by atoms with Gasteiger partial charge in [-0.15, -0.1) is 0 Å². The number of hydrogen-bond donors (Lipinski definition) is 1. The molecule has 3 unspecified atom stereocenters. The van der Waals surface area contributed by atoms with Crippen molar-refractivity contribution in [1.82, 2.24) is 4.98 Å². The summed E-state index contributed by atoms with van der Waals surface area (Å²) < 4.78 is 5.74. The molecule has 0 saturated carbocycles. The molecule has 0 radical (unpaired) electrons. The van der Waals surface area contributed by atoms with Gasteiger partial charge in [0.2, 0.25) is 0 Å². The van der Waals surface area contributed by atoms with Crippen LogP contribution in [0.15, 0.2) is 24.4 Å². The van der Waals surface area contributed by atoms with Gasteiger partial charge in [0.05, 0.1) is 17.6 Å². The lowest BCUT2D eigenvalue weighted by molar-refractivity contribution is -0.152. The van der Waals surface area contributed by atoms with Crippen molar-refractivity contribution < 1.29 is 14.6 Å². The molecule has 2 saturated heterocycles. The first-order chi connectivity index (χ1) is 8.71. The highest BCUT2D eigenvalue weighted by Crippen LogP contribution is 2.50. The third-order valence-electron chi connectivity index (χ3n) is 4.30. The summed E-state index contributed by atoms with van der Waals surface area (Å²) in [5.74, 6) is -0.703. The number of aryl methyl sites for hydroxylation is 1. The molecular formula is C14H17NO3. The normalized spacial score (nSPS) is 33.8. The van der Waals surface area contributed by atoms with E-state index in [9.17, 15) is 9.90 Å². The Morgan fingerprint density at radius 1 is 1.50 bits per heavy atom. The van der Waals surface area contributed by atoms with E-state index >= 15 is 0 Å². The largest absolute Gasteiger partial charge is 0.481 e. The number of carboxylic acids is 1. The van der Waals surface area contributed by atoms with Crippen LogP contribution in [0.2, 0.25) is 0 Å². The molecule has 2 aliphatic rings. The number of rotatable bonds is 4. The number of nitrogens with zero attached hydrogens (tertiary/aromatic N) is 1. The highest BCUT2D eigenvalue weighted by atomic mass is 16.5. The number of aliphatic carboxylic acids is 1. The molecule has 2 aliphatic heterocycles. The zero-order chi connectivity index (χ0) is 12.6. The maximum Gasteiger partial charge on any atom is 0.312 e. The van der Waals surface area contributed by atoms with Crippen LogP contribution in [-0.4, -0.2) is 28.3 Å². The van der Waals surface area contributed by atoms with Gasteiger partial charge >= 0.3 is 5.97 Å². The summed E-state index contributed by atoms with van der Waals surface area (Å²) >= 11 is 0. The minimum absolute atomic E-state index is 0.0938. The quantitative estimate of drug-likeness (QED) is 0.884. The van der Waals surface area contributed by atoms with Crippen molar-refractivity contribution in [1.29, 1.82) is 0 Å². The number of aromatic nitrogens is 1. The molecule has 0 spiro atoms. The van der Waals surface area contributed by atoms with Gasteiger partial charge in [0, 0.05) is 11.9 Å². The van der Waals surface area contributed by atoms with Crippen LogP contribution in [0.3, 0.4) is 0 Å². The lowest BCUT2D eigenvalue weighted by Crippen LogP contribution is -2.40. The standard InChI is InChI=1S/C14H17NO3/c16-13(17)14(9-11-4-5-12(14)18-11)7-6-10-3-1-2-8-15-10/h1-3,8,11-12H,4-7,9H2,(H,16,17). The lowest BCUT2D eigenvalue weighted by atomic mass is 9.71. The van der Waals surface area contributed by atoms with E-state index in [1.165, 1.54) is 0 Å². The van der Waals surface area contributed by atoms with Crippen LogP contribution < -0.4 is 0 Å². The van der Waals surface area contributed by atoms with Crippen molar-refractivity contribution in [2.24, 2.45) is 5.41 Å². The third-order valence-corrected chi connectivity index (χ3v) is 4.30. The Labute approximate surface area is 106 Å². The molecule has 2 fully saturated rings. The number of hydrogen-bond acceptors (Lipinski definition) is 3. The number of carboxylic acid groups (broad SMARTS) is 1. The molecule has 3 heterocycles. The number of carbonyl (C=O) groups is 1. The van der Waals surface area contributed by atoms with E-state index in [4.69, 9.17) is 4.74 Å². The fraction of sp³-hybridized carbons (Fsp3) is 0.571. The van der Waals surface area contributed by atoms with Crippen molar-refractivity contribution >= 4 is 5.97 Å². The van der Waals surface area contributed by atoms with Gasteiger partial charge in [-0.3, -0.25) is 9.78 Å². The molecule has 96 valence electrons. The van der Waals surface area contributed by atoms with Gasteiger partial charge < -0.3 is 9.84 Å². The molecule has 0 aliphatic carbocycles. The maximum absolute atomic E-state index is 11.6. The first-order valence-corrected chi connectivity index (χ1v) is 6.49. The second-order valence-corrected chi connectivity index (χ2v) is 5.31. The summed E-state index contributed by atoms with van der Waals surface area (Å²) in [6, 6.07) is 5.76. The zero-order valence-corrected chi connectivity index (χ0v) is 10.2. The van der Waals surface area contributed by atoms with Gasteiger partial charge in [-0.25, -0.2) is 0 Å². The molecular weight excluding hydrogens is 230 g/mol. The monoisotopic (exact) mass is 247 g/mol. The van der Waals surface area contributed by atoms with E-state index in [-0.39, 0.29) is 12.2 Å². The fourth-order valence-electron chi connectivity index (χ4n) is 3.29. The van der Waals surface area contributed by atoms with Gasteiger partial charge in [-0.05, 0) is 44.2 Å². The highest BCUT2D eigenvalue weighted by molar-refractivity contribution is 5.76. The Morgan fingerprint density at radius 3 is 2.94 bits per heavy atom. The molecule has 0 aromatic carbocycles. The van der Waals surface area contributed by atoms with Crippen LogP contribution in [-0.2, 0) is 16.0 Å². The summed E-state index contributed by atoms with van der Waals surface area (Å²) in [6.45, 7) is 0. The zero-order valence-electron chi connectivity index (χ0n) is 10.2. The van der Waals surface area contributed by atoms with E-state index in [1.807, 2.05) is 18.2 Å². The second kappa shape index (κ2) is 4.35. The Morgan fingerprint density at radius 2 is 2.39 bits per heavy atom. The minimum Gasteiger partial charge on any atom is -0.481 e. The van der Waals surface area contributed by atoms with E-state index < -0.39 is 11.4 Å². The molecule has 0 amide bonds. The first kappa shape index (κ1) is 11.7. The van der Waals surface area contributed by atoms with E-state index in [1.54, 1.807) is 6.20 Å². The molecule has 3 atom stereocenters. The topological polar surface area (TPSA) is 59.4 Å². The number of fused-ring (bicyclic) bond motifs is 2. The Bertz CT molecular complexity index is 448. The van der Waals surface area contributed by atoms with Crippen molar-refractivity contribution in [3.05, 3.63) is 30.1 Å². The third kappa shape index (κ3) is 1.81. The molecule has 4 heteroatoms. The molecule has 3 rings (SSSR count). The fourth-order valence-corrected chi connectivity index (χ4v) is 3.29. The van der Waals surface area contributed by atoms with Crippen molar-refractivity contribution in [3.63, 3.8) is 0 Å². The van der Waals surface area contributed by atoms with Gasteiger partial charge in [-0.1, -0.05) is 6.07 Å². The molecule has 18 heavy (non-hydrogen) atoms. The molecule has 1 aromatic heterocycles. The molecule has 2 bridgehead atoms. The average molecular weight is 247 g/mol. The summed E-state index contributed by atoms with van der Waals surface area (Å²) in [7, 11) is 0. The van der Waals surface area contributed by atoms with Crippen molar-refractivity contribution in [2.75, 3.05) is 0 Å². The first-order valence-electron chi connectivity index (χ1n) is 6.49. The Kier molecular flexibility index (Phi) is 2.82. The van der Waals surface area contributed by atoms with Crippen LogP contribution in [0.25, 0.3) is 0 Å². The Balaban J connectivity index is 1.74. The van der Waals surface area contributed by atoms with Crippen LogP contribution in [0.1, 0.15) is 31.4 Å². The SMILES string of the molecule is O=C(O)C1(CCc2ccccn2)CC2CCC1O2. The van der Waals surface area contributed by atoms with Gasteiger partial charge in [-0.2, -0.15) is 0 Å². The van der Waals surface area contributed by atoms with Crippen LogP contribution in [0.5, 0.6) is 0 Å². The number of ether oxygens (including phenoxy) is 1. The predicted octanol–water partition coefficient (Wildman–Crippen LogP) is 2.04. The lowest BCUT2D eigenvalue weighted by Gasteiger charge is -2.30. The smallest absolute Gasteiger partial charge is 0.312 e. The van der Waals surface area contributed by atoms with Crippen LogP contribution in [0, 0.1) is 5.41 Å². The maximum atomic E-state index is 11.6. The molecule has 1 N–H and O–H groups in total. The van der Waals surface area contributed by atoms with E-state index in [0.717, 1.165) is 18.5 Å². The number of pyridine rings is 1. The highest BCUT2D eigenvalue weighted by Gasteiger charge is 2.56. The van der Waals surface area contributed by atoms with Crippen LogP contribution in [0.4, 0.5) is 0 Å². The average Bonchev–Trinajstić information content (AvgIpc) is 2.98. The van der Waals surface area contributed by atoms with Crippen molar-refractivity contribution in [2.45, 2.75) is 44.3 Å². The van der Waals surface area contributed by atoms with Gasteiger partial charge in [0.15, 0.2) is 0 Å². The van der Waals surface area contributed by atoms with Crippen molar-refractivity contribution in [3.8, 4) is 0 Å². The van der Waals surface area contributed by atoms with E-state index in [2.05, 4.69) is 4.98 Å². The minimum atomic E-state index is -0.703. The molecule has 1 aromatic rings. The Hall–Kier alpha value is -1.42. The summed E-state index contributed by atoms with van der Waals surface area (Å²) in [5, 5.41) is 9.56. The second-order valence-electron chi connectivity index (χ2n) is 5.31. The molecule has 4 nitrogen and oxygen atoms in total. The summed E-state index contributed by atoms with van der Waals surface area (Å²) in [5.41, 5.74) is 0.279. The summed E-state index contributed by atoms with van der Waals surface area (Å²) in [4.78, 5) is 15.9. The van der Waals surface area contributed by atoms with E-state index in [0.29, 0.717) is 19.3 Å².